The molecule has 1 N–H and O–H groups in total. The zero-order valence-corrected chi connectivity index (χ0v) is 19.7. The average Bonchev–Trinajstić information content (AvgIpc) is 2.74. The van der Waals surface area contributed by atoms with Gasteiger partial charge in [0.15, 0.2) is 0 Å². The lowest BCUT2D eigenvalue weighted by molar-refractivity contribution is -0.120. The van der Waals surface area contributed by atoms with Gasteiger partial charge in [0.05, 0.1) is 18.0 Å². The number of anilines is 2. The summed E-state index contributed by atoms with van der Waals surface area (Å²) in [5, 5.41) is 2.93. The first-order chi connectivity index (χ1) is 14.6. The number of aryl methyl sites for hydroxylation is 2. The molecule has 0 aliphatic carbocycles. The van der Waals surface area contributed by atoms with Crippen LogP contribution in [-0.4, -0.2) is 40.2 Å². The summed E-state index contributed by atoms with van der Waals surface area (Å²) in [4.78, 5) is 15.1. The molecule has 0 spiro atoms. The Labute approximate surface area is 186 Å². The standard InChI is InChI=1S/C24H33N3O3S/c1-18-8-11-23(16-19(18)2)27(31(4,29)30)17-24(28)25-20(3)21-9-12-22(13-10-21)26-14-6-5-7-15-26/h8-13,16,20H,5-7,14-15,17H2,1-4H3,(H,25,28). The maximum Gasteiger partial charge on any atom is 0.241 e. The lowest BCUT2D eigenvalue weighted by Gasteiger charge is -2.29. The Morgan fingerprint density at radius 1 is 1.03 bits per heavy atom. The van der Waals surface area contributed by atoms with Crippen molar-refractivity contribution in [3.05, 3.63) is 59.2 Å². The first-order valence-electron chi connectivity index (χ1n) is 10.8. The highest BCUT2D eigenvalue weighted by atomic mass is 32.2. The second-order valence-corrected chi connectivity index (χ2v) is 10.4. The first-order valence-corrected chi connectivity index (χ1v) is 12.7. The molecular weight excluding hydrogens is 410 g/mol. The fourth-order valence-electron chi connectivity index (χ4n) is 3.91. The van der Waals surface area contributed by atoms with Crippen molar-refractivity contribution in [1.82, 2.24) is 5.32 Å². The number of hydrogen-bond donors (Lipinski definition) is 1. The Balaban J connectivity index is 1.66. The monoisotopic (exact) mass is 443 g/mol. The van der Waals surface area contributed by atoms with Gasteiger partial charge in [0.2, 0.25) is 15.9 Å². The summed E-state index contributed by atoms with van der Waals surface area (Å²) in [5.41, 5.74) is 4.75. The van der Waals surface area contributed by atoms with Gasteiger partial charge in [-0.15, -0.1) is 0 Å². The van der Waals surface area contributed by atoms with Crippen LogP contribution in [0.1, 0.15) is 48.9 Å². The summed E-state index contributed by atoms with van der Waals surface area (Å²) in [5.74, 6) is -0.337. The number of rotatable bonds is 7. The van der Waals surface area contributed by atoms with Crippen molar-refractivity contribution >= 4 is 27.3 Å². The van der Waals surface area contributed by atoms with E-state index >= 15 is 0 Å². The van der Waals surface area contributed by atoms with E-state index in [0.29, 0.717) is 5.69 Å². The highest BCUT2D eigenvalue weighted by Crippen LogP contribution is 2.23. The van der Waals surface area contributed by atoms with E-state index in [1.807, 2.05) is 39.0 Å². The molecule has 1 aliphatic rings. The average molecular weight is 444 g/mol. The van der Waals surface area contributed by atoms with E-state index in [0.717, 1.165) is 40.3 Å². The molecule has 1 amide bonds. The third-order valence-corrected chi connectivity index (χ3v) is 7.10. The van der Waals surface area contributed by atoms with E-state index in [1.54, 1.807) is 12.1 Å². The number of sulfonamides is 1. The molecule has 7 heteroatoms. The molecular formula is C24H33N3O3S. The third kappa shape index (κ3) is 6.00. The van der Waals surface area contributed by atoms with Crippen LogP contribution in [0.4, 0.5) is 11.4 Å². The molecule has 0 bridgehead atoms. The van der Waals surface area contributed by atoms with Gasteiger partial charge in [-0.1, -0.05) is 18.2 Å². The minimum absolute atomic E-state index is 0.218. The van der Waals surface area contributed by atoms with Crippen LogP contribution in [0.15, 0.2) is 42.5 Å². The fourth-order valence-corrected chi connectivity index (χ4v) is 4.76. The molecule has 168 valence electrons. The van der Waals surface area contributed by atoms with Gasteiger partial charge in [0, 0.05) is 18.8 Å². The minimum atomic E-state index is -3.59. The Morgan fingerprint density at radius 3 is 2.26 bits per heavy atom. The lowest BCUT2D eigenvalue weighted by atomic mass is 10.1. The maximum absolute atomic E-state index is 12.7. The second kappa shape index (κ2) is 9.73. The predicted octanol–water partition coefficient (Wildman–Crippen LogP) is 3.94. The van der Waals surface area contributed by atoms with Crippen molar-refractivity contribution in [3.63, 3.8) is 0 Å². The largest absolute Gasteiger partial charge is 0.372 e. The molecule has 1 unspecified atom stereocenters. The summed E-state index contributed by atoms with van der Waals surface area (Å²) in [6.07, 6.45) is 4.87. The Hall–Kier alpha value is -2.54. The number of nitrogens with zero attached hydrogens (tertiary/aromatic N) is 2. The summed E-state index contributed by atoms with van der Waals surface area (Å²) in [7, 11) is -3.59. The quantitative estimate of drug-likeness (QED) is 0.704. The van der Waals surface area contributed by atoms with E-state index in [-0.39, 0.29) is 18.5 Å². The third-order valence-electron chi connectivity index (χ3n) is 5.96. The van der Waals surface area contributed by atoms with Crippen LogP contribution in [-0.2, 0) is 14.8 Å². The van der Waals surface area contributed by atoms with Crippen molar-refractivity contribution < 1.29 is 13.2 Å². The van der Waals surface area contributed by atoms with E-state index in [2.05, 4.69) is 22.3 Å². The summed E-state index contributed by atoms with van der Waals surface area (Å²) >= 11 is 0. The van der Waals surface area contributed by atoms with Crippen LogP contribution in [0.3, 0.4) is 0 Å². The van der Waals surface area contributed by atoms with Gasteiger partial charge in [0.25, 0.3) is 0 Å². The van der Waals surface area contributed by atoms with Crippen LogP contribution in [0.5, 0.6) is 0 Å². The smallest absolute Gasteiger partial charge is 0.241 e. The highest BCUT2D eigenvalue weighted by molar-refractivity contribution is 7.92. The maximum atomic E-state index is 12.7. The zero-order valence-electron chi connectivity index (χ0n) is 18.9. The predicted molar refractivity (Wildman–Crippen MR) is 127 cm³/mol. The van der Waals surface area contributed by atoms with Crippen LogP contribution in [0, 0.1) is 13.8 Å². The number of benzene rings is 2. The minimum Gasteiger partial charge on any atom is -0.372 e. The van der Waals surface area contributed by atoms with Crippen molar-refractivity contribution in [2.75, 3.05) is 35.1 Å². The van der Waals surface area contributed by atoms with Crippen molar-refractivity contribution in [3.8, 4) is 0 Å². The van der Waals surface area contributed by atoms with Crippen LogP contribution >= 0.6 is 0 Å². The van der Waals surface area contributed by atoms with Crippen LogP contribution < -0.4 is 14.5 Å². The van der Waals surface area contributed by atoms with Crippen LogP contribution in [0.25, 0.3) is 0 Å². The molecule has 0 aromatic heterocycles. The summed E-state index contributed by atoms with van der Waals surface area (Å²) in [6, 6.07) is 13.4. The Kier molecular flexibility index (Phi) is 7.26. The van der Waals surface area contributed by atoms with Gasteiger partial charge >= 0.3 is 0 Å². The molecule has 1 fully saturated rings. The zero-order chi connectivity index (χ0) is 22.6. The molecule has 1 aliphatic heterocycles. The van der Waals surface area contributed by atoms with Crippen LogP contribution in [0.2, 0.25) is 0 Å². The number of hydrogen-bond acceptors (Lipinski definition) is 4. The molecule has 2 aromatic carbocycles. The Bertz CT molecular complexity index is 1010. The van der Waals surface area contributed by atoms with Crippen molar-refractivity contribution in [2.45, 2.75) is 46.1 Å². The second-order valence-electron chi connectivity index (χ2n) is 8.47. The Morgan fingerprint density at radius 2 is 1.68 bits per heavy atom. The van der Waals surface area contributed by atoms with E-state index in [4.69, 9.17) is 0 Å². The number of carbonyl (C=O) groups is 1. The molecule has 0 radical (unpaired) electrons. The van der Waals surface area contributed by atoms with E-state index in [1.165, 1.54) is 24.9 Å². The molecule has 31 heavy (non-hydrogen) atoms. The van der Waals surface area contributed by atoms with Crippen molar-refractivity contribution in [1.29, 1.82) is 0 Å². The van der Waals surface area contributed by atoms with Gasteiger partial charge in [0.1, 0.15) is 6.54 Å². The van der Waals surface area contributed by atoms with Gasteiger partial charge in [-0.05, 0) is 81.0 Å². The first kappa shape index (κ1) is 23.1. The van der Waals surface area contributed by atoms with Gasteiger partial charge in [-0.2, -0.15) is 0 Å². The van der Waals surface area contributed by atoms with E-state index < -0.39 is 10.0 Å². The summed E-state index contributed by atoms with van der Waals surface area (Å²) < 4.78 is 25.9. The van der Waals surface area contributed by atoms with Gasteiger partial charge in [-0.25, -0.2) is 8.42 Å². The number of nitrogens with one attached hydrogen (secondary N) is 1. The normalized spacial score (nSPS) is 15.4. The molecule has 0 saturated carbocycles. The SMILES string of the molecule is Cc1ccc(N(CC(=O)NC(C)c2ccc(N3CCCCC3)cc2)S(C)(=O)=O)cc1C. The number of piperidine rings is 1. The lowest BCUT2D eigenvalue weighted by Crippen LogP contribution is -2.41. The molecule has 2 aromatic rings. The van der Waals surface area contributed by atoms with Gasteiger partial charge < -0.3 is 10.2 Å². The molecule has 1 heterocycles. The topological polar surface area (TPSA) is 69.7 Å². The molecule has 3 rings (SSSR count). The number of amides is 1. The molecule has 1 saturated heterocycles. The molecule has 6 nitrogen and oxygen atoms in total. The van der Waals surface area contributed by atoms with Gasteiger partial charge in [-0.3, -0.25) is 9.10 Å². The van der Waals surface area contributed by atoms with E-state index in [9.17, 15) is 13.2 Å². The number of carbonyl (C=O) groups excluding carboxylic acids is 1. The molecule has 1 atom stereocenters. The van der Waals surface area contributed by atoms with Crippen molar-refractivity contribution in [2.24, 2.45) is 0 Å². The highest BCUT2D eigenvalue weighted by Gasteiger charge is 2.22. The fraction of sp³-hybridized carbons (Fsp3) is 0.458. The summed E-state index contributed by atoms with van der Waals surface area (Å²) in [6.45, 7) is 7.73.